The summed E-state index contributed by atoms with van der Waals surface area (Å²) in [6.45, 7) is 2.22. The van der Waals surface area contributed by atoms with E-state index in [4.69, 9.17) is 9.84 Å². The molecule has 1 saturated heterocycles. The molecule has 1 amide bonds. The van der Waals surface area contributed by atoms with Crippen molar-refractivity contribution in [2.24, 2.45) is 0 Å². The number of likely N-dealkylation sites (tertiary alicyclic amines) is 1. The van der Waals surface area contributed by atoms with Crippen LogP contribution in [-0.2, 0) is 9.59 Å². The lowest BCUT2D eigenvalue weighted by Gasteiger charge is -2.21. The summed E-state index contributed by atoms with van der Waals surface area (Å²) in [4.78, 5) is 24.3. The average molecular weight is 293 g/mol. The standard InChI is InChI=1S/C15H19NO5/c1-10-2-4-12(5-3-10)21-7-6-14(18)16-9-11(17)8-13(16)15(19)20/h2-5,11,13,17H,6-9H2,1H3,(H,19,20)/t11?,13-/m0/s1. The van der Waals surface area contributed by atoms with Gasteiger partial charge in [0.15, 0.2) is 0 Å². The number of aliphatic carboxylic acids is 1. The molecule has 1 aromatic rings. The number of rotatable bonds is 5. The van der Waals surface area contributed by atoms with E-state index in [1.165, 1.54) is 4.90 Å². The van der Waals surface area contributed by atoms with Crippen LogP contribution in [0.25, 0.3) is 0 Å². The second-order valence-corrected chi connectivity index (χ2v) is 5.20. The summed E-state index contributed by atoms with van der Waals surface area (Å²) in [6, 6.07) is 6.52. The van der Waals surface area contributed by atoms with E-state index in [9.17, 15) is 14.7 Å². The zero-order valence-corrected chi connectivity index (χ0v) is 11.9. The maximum atomic E-state index is 12.0. The number of hydrogen-bond acceptors (Lipinski definition) is 4. The zero-order chi connectivity index (χ0) is 15.4. The van der Waals surface area contributed by atoms with Crippen molar-refractivity contribution in [3.05, 3.63) is 29.8 Å². The number of ether oxygens (including phenoxy) is 1. The molecule has 0 aliphatic carbocycles. The Kier molecular flexibility index (Phi) is 4.80. The van der Waals surface area contributed by atoms with Crippen molar-refractivity contribution in [2.75, 3.05) is 13.2 Å². The van der Waals surface area contributed by atoms with Crippen molar-refractivity contribution in [3.8, 4) is 5.75 Å². The average Bonchev–Trinajstić information content (AvgIpc) is 2.83. The molecule has 2 N–H and O–H groups in total. The predicted molar refractivity (Wildman–Crippen MR) is 75.1 cm³/mol. The number of β-amino-alcohol motifs (C(OH)–C–C–N with tert-alkyl or cyclic N) is 1. The molecule has 2 rings (SSSR count). The molecular formula is C15H19NO5. The molecule has 1 unspecified atom stereocenters. The summed E-state index contributed by atoms with van der Waals surface area (Å²) < 4.78 is 5.46. The molecule has 6 heteroatoms. The summed E-state index contributed by atoms with van der Waals surface area (Å²) in [6.07, 6.45) is -0.599. The Morgan fingerprint density at radius 2 is 2.00 bits per heavy atom. The topological polar surface area (TPSA) is 87.1 Å². The molecule has 1 fully saturated rings. The van der Waals surface area contributed by atoms with Gasteiger partial charge in [0.25, 0.3) is 0 Å². The van der Waals surface area contributed by atoms with E-state index in [2.05, 4.69) is 0 Å². The first-order chi connectivity index (χ1) is 9.97. The number of carbonyl (C=O) groups excluding carboxylic acids is 1. The molecule has 1 aliphatic rings. The van der Waals surface area contributed by atoms with Crippen LogP contribution in [0.1, 0.15) is 18.4 Å². The van der Waals surface area contributed by atoms with Crippen LogP contribution in [0.15, 0.2) is 24.3 Å². The molecule has 21 heavy (non-hydrogen) atoms. The predicted octanol–water partition coefficient (Wildman–Crippen LogP) is 0.810. The highest BCUT2D eigenvalue weighted by molar-refractivity contribution is 5.84. The van der Waals surface area contributed by atoms with Crippen LogP contribution >= 0.6 is 0 Å². The Balaban J connectivity index is 1.84. The van der Waals surface area contributed by atoms with Crippen LogP contribution in [0.4, 0.5) is 0 Å². The number of aliphatic hydroxyl groups is 1. The van der Waals surface area contributed by atoms with Gasteiger partial charge in [-0.25, -0.2) is 4.79 Å². The van der Waals surface area contributed by atoms with Crippen LogP contribution in [-0.4, -0.2) is 52.3 Å². The number of aliphatic hydroxyl groups excluding tert-OH is 1. The van der Waals surface area contributed by atoms with Gasteiger partial charge in [0.05, 0.1) is 19.1 Å². The fraction of sp³-hybridized carbons (Fsp3) is 0.467. The fourth-order valence-electron chi connectivity index (χ4n) is 2.36. The number of aryl methyl sites for hydroxylation is 1. The second kappa shape index (κ2) is 6.58. The lowest BCUT2D eigenvalue weighted by atomic mass is 10.2. The molecule has 1 aromatic carbocycles. The van der Waals surface area contributed by atoms with Gasteiger partial charge >= 0.3 is 5.97 Å². The number of nitrogens with zero attached hydrogens (tertiary/aromatic N) is 1. The maximum absolute atomic E-state index is 12.0. The van der Waals surface area contributed by atoms with Crippen LogP contribution in [0, 0.1) is 6.92 Å². The molecule has 1 heterocycles. The third-order valence-corrected chi connectivity index (χ3v) is 3.49. The highest BCUT2D eigenvalue weighted by atomic mass is 16.5. The van der Waals surface area contributed by atoms with Gasteiger partial charge in [-0.2, -0.15) is 0 Å². The van der Waals surface area contributed by atoms with Gasteiger partial charge in [0, 0.05) is 13.0 Å². The van der Waals surface area contributed by atoms with Gasteiger partial charge < -0.3 is 19.8 Å². The van der Waals surface area contributed by atoms with Crippen molar-refractivity contribution in [1.29, 1.82) is 0 Å². The molecule has 6 nitrogen and oxygen atoms in total. The van der Waals surface area contributed by atoms with Gasteiger partial charge in [0.2, 0.25) is 5.91 Å². The van der Waals surface area contributed by atoms with Gasteiger partial charge in [-0.05, 0) is 19.1 Å². The number of carbonyl (C=O) groups is 2. The molecule has 0 aromatic heterocycles. The van der Waals surface area contributed by atoms with E-state index < -0.39 is 18.1 Å². The summed E-state index contributed by atoms with van der Waals surface area (Å²) in [5, 5.41) is 18.6. The van der Waals surface area contributed by atoms with Crippen LogP contribution in [0.2, 0.25) is 0 Å². The Hall–Kier alpha value is -2.08. The number of carboxylic acid groups (broad SMARTS) is 1. The molecule has 1 aliphatic heterocycles. The van der Waals surface area contributed by atoms with E-state index in [-0.39, 0.29) is 31.9 Å². The van der Waals surface area contributed by atoms with Gasteiger partial charge in [-0.1, -0.05) is 17.7 Å². The van der Waals surface area contributed by atoms with E-state index in [0.717, 1.165) is 5.56 Å². The largest absolute Gasteiger partial charge is 0.493 e. The number of amides is 1. The Morgan fingerprint density at radius 3 is 2.62 bits per heavy atom. The molecule has 0 spiro atoms. The highest BCUT2D eigenvalue weighted by Crippen LogP contribution is 2.19. The van der Waals surface area contributed by atoms with Crippen molar-refractivity contribution < 1.29 is 24.5 Å². The lowest BCUT2D eigenvalue weighted by Crippen LogP contribution is -2.41. The SMILES string of the molecule is Cc1ccc(OCCC(=O)N2CC(O)C[C@H]2C(=O)O)cc1. The Bertz CT molecular complexity index is 513. The number of hydrogen-bond donors (Lipinski definition) is 2. The number of benzene rings is 1. The molecule has 2 atom stereocenters. The zero-order valence-electron chi connectivity index (χ0n) is 11.9. The monoisotopic (exact) mass is 293 g/mol. The van der Waals surface area contributed by atoms with Crippen LogP contribution in [0.5, 0.6) is 5.75 Å². The van der Waals surface area contributed by atoms with E-state index in [0.29, 0.717) is 5.75 Å². The number of carboxylic acids is 1. The van der Waals surface area contributed by atoms with Crippen LogP contribution < -0.4 is 4.74 Å². The molecule has 114 valence electrons. The molecule has 0 radical (unpaired) electrons. The summed E-state index contributed by atoms with van der Waals surface area (Å²) >= 11 is 0. The normalized spacial score (nSPS) is 21.3. The molecular weight excluding hydrogens is 274 g/mol. The van der Waals surface area contributed by atoms with E-state index in [1.54, 1.807) is 0 Å². The third kappa shape index (κ3) is 3.95. The van der Waals surface area contributed by atoms with E-state index in [1.807, 2.05) is 31.2 Å². The maximum Gasteiger partial charge on any atom is 0.326 e. The Morgan fingerprint density at radius 1 is 1.33 bits per heavy atom. The summed E-state index contributed by atoms with van der Waals surface area (Å²) in [5.41, 5.74) is 1.12. The van der Waals surface area contributed by atoms with Crippen molar-refractivity contribution in [1.82, 2.24) is 4.90 Å². The van der Waals surface area contributed by atoms with Crippen molar-refractivity contribution in [3.63, 3.8) is 0 Å². The minimum atomic E-state index is -1.08. The minimum absolute atomic E-state index is 0.0698. The van der Waals surface area contributed by atoms with Gasteiger partial charge in [0.1, 0.15) is 11.8 Å². The Labute approximate surface area is 122 Å². The van der Waals surface area contributed by atoms with Crippen molar-refractivity contribution >= 4 is 11.9 Å². The van der Waals surface area contributed by atoms with Gasteiger partial charge in [-0.15, -0.1) is 0 Å². The summed E-state index contributed by atoms with van der Waals surface area (Å²) in [5.74, 6) is -0.727. The van der Waals surface area contributed by atoms with Crippen LogP contribution in [0.3, 0.4) is 0 Å². The smallest absolute Gasteiger partial charge is 0.326 e. The summed E-state index contributed by atoms with van der Waals surface area (Å²) in [7, 11) is 0. The lowest BCUT2D eigenvalue weighted by molar-refractivity contribution is -0.148. The first-order valence-corrected chi connectivity index (χ1v) is 6.87. The fourth-order valence-corrected chi connectivity index (χ4v) is 2.36. The van der Waals surface area contributed by atoms with Crippen molar-refractivity contribution in [2.45, 2.75) is 31.9 Å². The molecule has 0 bridgehead atoms. The highest BCUT2D eigenvalue weighted by Gasteiger charge is 2.38. The minimum Gasteiger partial charge on any atom is -0.493 e. The second-order valence-electron chi connectivity index (χ2n) is 5.20. The van der Waals surface area contributed by atoms with Gasteiger partial charge in [-0.3, -0.25) is 4.79 Å². The quantitative estimate of drug-likeness (QED) is 0.839. The first-order valence-electron chi connectivity index (χ1n) is 6.87. The third-order valence-electron chi connectivity index (χ3n) is 3.49. The molecule has 0 saturated carbocycles. The first kappa shape index (κ1) is 15.3. The van der Waals surface area contributed by atoms with E-state index >= 15 is 0 Å².